The molecule has 0 saturated heterocycles. The second kappa shape index (κ2) is 8.55. The number of ether oxygens (including phenoxy) is 2. The van der Waals surface area contributed by atoms with Crippen molar-refractivity contribution in [2.24, 2.45) is 5.10 Å². The van der Waals surface area contributed by atoms with E-state index in [-0.39, 0.29) is 0 Å². The molecule has 0 amide bonds. The number of halogens is 1. The van der Waals surface area contributed by atoms with Crippen molar-refractivity contribution in [1.29, 1.82) is 0 Å². The van der Waals surface area contributed by atoms with E-state index in [1.807, 2.05) is 25.3 Å². The van der Waals surface area contributed by atoms with Crippen molar-refractivity contribution < 1.29 is 9.47 Å². The average Bonchev–Trinajstić information content (AvgIpc) is 2.92. The number of thiazole rings is 1. The minimum Gasteiger partial charge on any atom is -0.490 e. The highest BCUT2D eigenvalue weighted by Gasteiger charge is 2.11. The summed E-state index contributed by atoms with van der Waals surface area (Å²) in [6, 6.07) is 3.59. The van der Waals surface area contributed by atoms with E-state index in [2.05, 4.69) is 22.1 Å². The number of aryl methyl sites for hydroxylation is 1. The summed E-state index contributed by atoms with van der Waals surface area (Å²) in [6.07, 6.45) is 3.31. The van der Waals surface area contributed by atoms with Gasteiger partial charge in [-0.2, -0.15) is 5.10 Å². The van der Waals surface area contributed by atoms with Crippen LogP contribution >= 0.6 is 22.9 Å². The highest BCUT2D eigenvalue weighted by Crippen LogP contribution is 2.36. The Balaban J connectivity index is 2.16. The molecule has 0 atom stereocenters. The van der Waals surface area contributed by atoms with Crippen molar-refractivity contribution >= 4 is 34.3 Å². The Labute approximate surface area is 144 Å². The molecule has 7 heteroatoms. The SMILES string of the molecule is C=CCOc1c(Cl)cc(C=NNc2nc(C)cs2)cc1OCC. The van der Waals surface area contributed by atoms with Crippen molar-refractivity contribution in [3.63, 3.8) is 0 Å². The van der Waals surface area contributed by atoms with Crippen LogP contribution in [0.5, 0.6) is 11.5 Å². The summed E-state index contributed by atoms with van der Waals surface area (Å²) in [4.78, 5) is 4.27. The summed E-state index contributed by atoms with van der Waals surface area (Å²) in [5, 5.41) is 7.31. The fraction of sp³-hybridized carbons (Fsp3) is 0.250. The van der Waals surface area contributed by atoms with Gasteiger partial charge in [0.1, 0.15) is 6.61 Å². The zero-order chi connectivity index (χ0) is 16.7. The van der Waals surface area contributed by atoms with Crippen LogP contribution in [0, 0.1) is 6.92 Å². The number of hydrazone groups is 1. The normalized spacial score (nSPS) is 10.7. The summed E-state index contributed by atoms with van der Waals surface area (Å²) >= 11 is 7.77. The number of nitrogens with zero attached hydrogens (tertiary/aromatic N) is 2. The zero-order valence-electron chi connectivity index (χ0n) is 13.0. The van der Waals surface area contributed by atoms with E-state index in [0.717, 1.165) is 16.4 Å². The first-order valence-corrected chi connectivity index (χ1v) is 8.31. The van der Waals surface area contributed by atoms with E-state index < -0.39 is 0 Å². The van der Waals surface area contributed by atoms with E-state index in [1.165, 1.54) is 11.3 Å². The van der Waals surface area contributed by atoms with Gasteiger partial charge >= 0.3 is 0 Å². The fourth-order valence-corrected chi connectivity index (χ4v) is 2.69. The van der Waals surface area contributed by atoms with Crippen LogP contribution in [0.2, 0.25) is 5.02 Å². The molecule has 0 aliphatic heterocycles. The van der Waals surface area contributed by atoms with Crippen LogP contribution in [0.15, 0.2) is 35.3 Å². The smallest absolute Gasteiger partial charge is 0.203 e. The first kappa shape index (κ1) is 17.3. The highest BCUT2D eigenvalue weighted by atomic mass is 35.5. The molecule has 122 valence electrons. The fourth-order valence-electron chi connectivity index (χ4n) is 1.78. The molecule has 1 N–H and O–H groups in total. The third-order valence-electron chi connectivity index (χ3n) is 2.67. The lowest BCUT2D eigenvalue weighted by Crippen LogP contribution is -2.01. The molecule has 0 saturated carbocycles. The predicted octanol–water partition coefficient (Wildman–Crippen LogP) is 4.51. The molecule has 2 aromatic rings. The molecule has 0 bridgehead atoms. The van der Waals surface area contributed by atoms with Crippen LogP contribution in [0.4, 0.5) is 5.13 Å². The summed E-state index contributed by atoms with van der Waals surface area (Å²) in [6.45, 7) is 8.33. The minimum absolute atomic E-state index is 0.359. The van der Waals surface area contributed by atoms with Crippen LogP contribution in [-0.4, -0.2) is 24.4 Å². The van der Waals surface area contributed by atoms with E-state index >= 15 is 0 Å². The number of nitrogens with one attached hydrogen (secondary N) is 1. The molecule has 0 spiro atoms. The van der Waals surface area contributed by atoms with Gasteiger partial charge in [-0.1, -0.05) is 24.3 Å². The summed E-state index contributed by atoms with van der Waals surface area (Å²) in [5.74, 6) is 1.09. The summed E-state index contributed by atoms with van der Waals surface area (Å²) < 4.78 is 11.1. The van der Waals surface area contributed by atoms with Gasteiger partial charge in [0.2, 0.25) is 5.13 Å². The number of hydrogen-bond donors (Lipinski definition) is 1. The van der Waals surface area contributed by atoms with Crippen molar-refractivity contribution in [2.45, 2.75) is 13.8 Å². The van der Waals surface area contributed by atoms with Gasteiger partial charge in [0.05, 0.1) is 23.5 Å². The quantitative estimate of drug-likeness (QED) is 0.431. The maximum atomic E-state index is 6.27. The first-order chi connectivity index (χ1) is 11.1. The molecule has 0 aliphatic rings. The number of benzene rings is 1. The van der Waals surface area contributed by atoms with Crippen molar-refractivity contribution in [3.05, 3.63) is 46.4 Å². The molecular formula is C16H18ClN3O2S. The molecule has 23 heavy (non-hydrogen) atoms. The lowest BCUT2D eigenvalue weighted by Gasteiger charge is -2.13. The highest BCUT2D eigenvalue weighted by molar-refractivity contribution is 7.13. The maximum absolute atomic E-state index is 6.27. The van der Waals surface area contributed by atoms with Crippen LogP contribution < -0.4 is 14.9 Å². The van der Waals surface area contributed by atoms with Gasteiger partial charge in [0, 0.05) is 5.38 Å². The number of aromatic nitrogens is 1. The molecule has 0 aliphatic carbocycles. The Morgan fingerprint density at radius 2 is 2.26 bits per heavy atom. The number of rotatable bonds is 8. The van der Waals surface area contributed by atoms with Gasteiger partial charge in [0.25, 0.3) is 0 Å². The average molecular weight is 352 g/mol. The van der Waals surface area contributed by atoms with E-state index in [4.69, 9.17) is 21.1 Å². The Hall–Kier alpha value is -2.05. The van der Waals surface area contributed by atoms with Gasteiger partial charge in [-0.3, -0.25) is 5.43 Å². The molecule has 0 unspecified atom stereocenters. The van der Waals surface area contributed by atoms with Crippen LogP contribution in [0.3, 0.4) is 0 Å². The Morgan fingerprint density at radius 3 is 2.91 bits per heavy atom. The Kier molecular flexibility index (Phi) is 6.43. The zero-order valence-corrected chi connectivity index (χ0v) is 14.6. The lowest BCUT2D eigenvalue weighted by atomic mass is 10.2. The number of anilines is 1. The third kappa shape index (κ3) is 4.97. The molecule has 5 nitrogen and oxygen atoms in total. The third-order valence-corrected chi connectivity index (χ3v) is 3.82. The van der Waals surface area contributed by atoms with Gasteiger partial charge in [0.15, 0.2) is 11.5 Å². The van der Waals surface area contributed by atoms with E-state index in [1.54, 1.807) is 18.4 Å². The van der Waals surface area contributed by atoms with Crippen LogP contribution in [0.25, 0.3) is 0 Å². The van der Waals surface area contributed by atoms with Crippen molar-refractivity contribution in [3.8, 4) is 11.5 Å². The van der Waals surface area contributed by atoms with Crippen molar-refractivity contribution in [1.82, 2.24) is 4.98 Å². The van der Waals surface area contributed by atoms with E-state index in [9.17, 15) is 0 Å². The summed E-state index contributed by atoms with van der Waals surface area (Å²) in [5.41, 5.74) is 4.64. The molecular weight excluding hydrogens is 334 g/mol. The van der Waals surface area contributed by atoms with E-state index in [0.29, 0.717) is 29.7 Å². The standard InChI is InChI=1S/C16H18ClN3O2S/c1-4-6-22-15-13(17)7-12(8-14(15)21-5-2)9-18-20-16-19-11(3)10-23-16/h4,7-10H,1,5-6H2,2-3H3,(H,19,20). The monoisotopic (exact) mass is 351 g/mol. The largest absolute Gasteiger partial charge is 0.490 e. The Morgan fingerprint density at radius 1 is 1.43 bits per heavy atom. The molecule has 0 fully saturated rings. The lowest BCUT2D eigenvalue weighted by molar-refractivity contribution is 0.297. The molecule has 2 rings (SSSR count). The topological polar surface area (TPSA) is 55.7 Å². The van der Waals surface area contributed by atoms with Gasteiger partial charge in [-0.05, 0) is 31.5 Å². The second-order valence-electron chi connectivity index (χ2n) is 4.53. The molecule has 1 heterocycles. The molecule has 1 aromatic carbocycles. The first-order valence-electron chi connectivity index (χ1n) is 7.05. The van der Waals surface area contributed by atoms with Crippen LogP contribution in [-0.2, 0) is 0 Å². The van der Waals surface area contributed by atoms with Crippen molar-refractivity contribution in [2.75, 3.05) is 18.6 Å². The second-order valence-corrected chi connectivity index (χ2v) is 5.79. The van der Waals surface area contributed by atoms with Gasteiger partial charge in [-0.25, -0.2) is 4.98 Å². The molecule has 0 radical (unpaired) electrons. The number of hydrogen-bond acceptors (Lipinski definition) is 6. The minimum atomic E-state index is 0.359. The summed E-state index contributed by atoms with van der Waals surface area (Å²) in [7, 11) is 0. The molecule has 1 aromatic heterocycles. The Bertz CT molecular complexity index is 701. The van der Waals surface area contributed by atoms with Crippen LogP contribution in [0.1, 0.15) is 18.2 Å². The predicted molar refractivity (Wildman–Crippen MR) is 96.4 cm³/mol. The van der Waals surface area contributed by atoms with Gasteiger partial charge < -0.3 is 9.47 Å². The van der Waals surface area contributed by atoms with Gasteiger partial charge in [-0.15, -0.1) is 11.3 Å². The maximum Gasteiger partial charge on any atom is 0.203 e.